The summed E-state index contributed by atoms with van der Waals surface area (Å²) in [6.07, 6.45) is 0.360. The number of amides is 2. The predicted octanol–water partition coefficient (Wildman–Crippen LogP) is 1.27. The Hall–Kier alpha value is -1.95. The molecule has 0 fully saturated rings. The van der Waals surface area contributed by atoms with Gasteiger partial charge in [0.2, 0.25) is 11.8 Å². The molecule has 0 aromatic heterocycles. The Morgan fingerprint density at radius 3 is 2.52 bits per heavy atom. The van der Waals surface area contributed by atoms with Crippen molar-refractivity contribution in [2.24, 2.45) is 5.73 Å². The molecule has 0 bridgehead atoms. The lowest BCUT2D eigenvalue weighted by atomic mass is 10.1. The van der Waals surface area contributed by atoms with E-state index in [4.69, 9.17) is 5.73 Å². The van der Waals surface area contributed by atoms with Crippen LogP contribution in [-0.2, 0) is 11.3 Å². The number of carbonyl (C=O) groups excluding carboxylic acids is 2. The molecule has 21 heavy (non-hydrogen) atoms. The van der Waals surface area contributed by atoms with E-state index in [0.29, 0.717) is 31.6 Å². The normalized spacial score (nSPS) is 10.4. The van der Waals surface area contributed by atoms with Gasteiger partial charge in [-0.2, -0.15) is 0 Å². The summed E-state index contributed by atoms with van der Waals surface area (Å²) in [5.41, 5.74) is 5.79. The highest BCUT2D eigenvalue weighted by atomic mass is 19.1. The number of benzene rings is 1. The van der Waals surface area contributed by atoms with E-state index in [-0.39, 0.29) is 18.0 Å². The first-order valence-corrected chi connectivity index (χ1v) is 7.06. The average Bonchev–Trinajstić information content (AvgIpc) is 2.46. The molecule has 0 saturated heterocycles. The summed E-state index contributed by atoms with van der Waals surface area (Å²) >= 11 is 0. The Morgan fingerprint density at radius 2 is 1.95 bits per heavy atom. The van der Waals surface area contributed by atoms with Crippen LogP contribution in [0.3, 0.4) is 0 Å². The number of hydrogen-bond donors (Lipinski definition) is 2. The number of halogens is 1. The van der Waals surface area contributed by atoms with Crippen molar-refractivity contribution in [3.05, 3.63) is 35.1 Å². The minimum atomic E-state index is -0.590. The van der Waals surface area contributed by atoms with Gasteiger partial charge in [0.1, 0.15) is 5.82 Å². The highest BCUT2D eigenvalue weighted by Crippen LogP contribution is 2.10. The zero-order valence-electron chi connectivity index (χ0n) is 12.5. The van der Waals surface area contributed by atoms with Gasteiger partial charge in [0.15, 0.2) is 0 Å². The molecule has 0 heterocycles. The van der Waals surface area contributed by atoms with Gasteiger partial charge in [-0.05, 0) is 32.0 Å². The summed E-state index contributed by atoms with van der Waals surface area (Å²) in [6.45, 7) is 5.93. The zero-order valence-corrected chi connectivity index (χ0v) is 12.5. The quantitative estimate of drug-likeness (QED) is 0.709. The minimum absolute atomic E-state index is 0.0684. The smallest absolute Gasteiger partial charge is 0.248 e. The molecule has 0 spiro atoms. The highest BCUT2D eigenvalue weighted by Gasteiger charge is 2.10. The average molecular weight is 295 g/mol. The van der Waals surface area contributed by atoms with Crippen LogP contribution in [0.15, 0.2) is 18.2 Å². The molecule has 0 unspecified atom stereocenters. The number of nitrogens with one attached hydrogen (secondary N) is 1. The van der Waals surface area contributed by atoms with Crippen molar-refractivity contribution >= 4 is 11.8 Å². The van der Waals surface area contributed by atoms with Gasteiger partial charge in [-0.15, -0.1) is 0 Å². The Bertz CT molecular complexity index is 502. The Labute approximate surface area is 124 Å². The zero-order chi connectivity index (χ0) is 15.8. The fourth-order valence-corrected chi connectivity index (χ4v) is 2.02. The third-order valence-electron chi connectivity index (χ3n) is 3.28. The van der Waals surface area contributed by atoms with Crippen LogP contribution >= 0.6 is 0 Å². The summed E-state index contributed by atoms with van der Waals surface area (Å²) in [5, 5.41) is 3.00. The molecule has 1 rings (SSSR count). The van der Waals surface area contributed by atoms with Crippen LogP contribution in [-0.4, -0.2) is 36.3 Å². The number of nitrogens with zero attached hydrogens (tertiary/aromatic N) is 1. The topological polar surface area (TPSA) is 75.4 Å². The maximum atomic E-state index is 13.6. The third kappa shape index (κ3) is 5.15. The minimum Gasteiger partial charge on any atom is -0.366 e. The molecule has 0 radical (unpaired) electrons. The fraction of sp³-hybridized carbons (Fsp3) is 0.467. The van der Waals surface area contributed by atoms with Gasteiger partial charge in [-0.25, -0.2) is 4.39 Å². The van der Waals surface area contributed by atoms with Crippen LogP contribution in [0.1, 0.15) is 36.2 Å². The lowest BCUT2D eigenvalue weighted by Crippen LogP contribution is -2.32. The first-order valence-electron chi connectivity index (χ1n) is 7.06. The van der Waals surface area contributed by atoms with Crippen molar-refractivity contribution in [1.82, 2.24) is 10.2 Å². The number of hydrogen-bond acceptors (Lipinski definition) is 3. The van der Waals surface area contributed by atoms with Crippen molar-refractivity contribution in [2.75, 3.05) is 19.6 Å². The van der Waals surface area contributed by atoms with E-state index < -0.39 is 11.7 Å². The lowest BCUT2D eigenvalue weighted by Gasteiger charge is -2.18. The van der Waals surface area contributed by atoms with Crippen LogP contribution in [0.2, 0.25) is 0 Å². The highest BCUT2D eigenvalue weighted by molar-refractivity contribution is 5.92. The molecule has 0 aliphatic carbocycles. The van der Waals surface area contributed by atoms with Gasteiger partial charge in [0.05, 0.1) is 0 Å². The van der Waals surface area contributed by atoms with Crippen LogP contribution < -0.4 is 11.1 Å². The molecule has 5 nitrogen and oxygen atoms in total. The van der Waals surface area contributed by atoms with Crippen molar-refractivity contribution < 1.29 is 14.0 Å². The Morgan fingerprint density at radius 1 is 1.29 bits per heavy atom. The van der Waals surface area contributed by atoms with E-state index in [2.05, 4.69) is 5.32 Å². The molecule has 0 aliphatic rings. The standard InChI is InChI=1S/C15H22FN3O2/c1-3-19(4-2)14(20)7-8-18-10-12-9-11(15(17)21)5-6-13(12)16/h5-6,9,18H,3-4,7-8,10H2,1-2H3,(H2,17,21). The van der Waals surface area contributed by atoms with Gasteiger partial charge >= 0.3 is 0 Å². The second kappa shape index (κ2) is 8.36. The van der Waals surface area contributed by atoms with Crippen LogP contribution in [0.25, 0.3) is 0 Å². The summed E-state index contributed by atoms with van der Waals surface area (Å²) in [5.74, 6) is -0.922. The summed E-state index contributed by atoms with van der Waals surface area (Å²) in [7, 11) is 0. The maximum Gasteiger partial charge on any atom is 0.248 e. The SMILES string of the molecule is CCN(CC)C(=O)CCNCc1cc(C(N)=O)ccc1F. The van der Waals surface area contributed by atoms with Gasteiger partial charge in [0.25, 0.3) is 0 Å². The molecule has 0 atom stereocenters. The van der Waals surface area contributed by atoms with Gasteiger partial charge in [-0.1, -0.05) is 0 Å². The molecule has 6 heteroatoms. The molecular formula is C15H22FN3O2. The number of nitrogens with two attached hydrogens (primary N) is 1. The summed E-state index contributed by atoms with van der Waals surface area (Å²) < 4.78 is 13.6. The van der Waals surface area contributed by atoms with E-state index in [1.165, 1.54) is 18.2 Å². The van der Waals surface area contributed by atoms with Crippen molar-refractivity contribution in [1.29, 1.82) is 0 Å². The number of rotatable bonds is 8. The monoisotopic (exact) mass is 295 g/mol. The summed E-state index contributed by atoms with van der Waals surface area (Å²) in [4.78, 5) is 24.6. The van der Waals surface area contributed by atoms with Gasteiger partial charge in [-0.3, -0.25) is 9.59 Å². The van der Waals surface area contributed by atoms with Crippen LogP contribution in [0, 0.1) is 5.82 Å². The second-order valence-corrected chi connectivity index (χ2v) is 4.66. The van der Waals surface area contributed by atoms with Crippen molar-refractivity contribution in [3.63, 3.8) is 0 Å². The maximum absolute atomic E-state index is 13.6. The van der Waals surface area contributed by atoms with E-state index in [9.17, 15) is 14.0 Å². The Balaban J connectivity index is 2.47. The first-order chi connectivity index (χ1) is 9.99. The van der Waals surface area contributed by atoms with E-state index in [1.54, 1.807) is 4.90 Å². The first kappa shape index (κ1) is 17.1. The van der Waals surface area contributed by atoms with Crippen molar-refractivity contribution in [2.45, 2.75) is 26.8 Å². The molecule has 2 amide bonds. The molecule has 3 N–H and O–H groups in total. The summed E-state index contributed by atoms with van der Waals surface area (Å²) in [6, 6.07) is 4.00. The van der Waals surface area contributed by atoms with Gasteiger partial charge in [0, 0.05) is 43.7 Å². The fourth-order valence-electron chi connectivity index (χ4n) is 2.02. The Kier molecular flexibility index (Phi) is 6.81. The van der Waals surface area contributed by atoms with E-state index in [1.807, 2.05) is 13.8 Å². The van der Waals surface area contributed by atoms with E-state index in [0.717, 1.165) is 0 Å². The molecule has 0 aliphatic heterocycles. The molecule has 0 saturated carbocycles. The lowest BCUT2D eigenvalue weighted by molar-refractivity contribution is -0.130. The molecule has 1 aromatic carbocycles. The largest absolute Gasteiger partial charge is 0.366 e. The van der Waals surface area contributed by atoms with E-state index >= 15 is 0 Å². The van der Waals surface area contributed by atoms with Crippen molar-refractivity contribution in [3.8, 4) is 0 Å². The predicted molar refractivity (Wildman–Crippen MR) is 79.2 cm³/mol. The second-order valence-electron chi connectivity index (χ2n) is 4.66. The molecule has 1 aromatic rings. The third-order valence-corrected chi connectivity index (χ3v) is 3.28. The molecular weight excluding hydrogens is 273 g/mol. The molecule has 116 valence electrons. The van der Waals surface area contributed by atoms with Crippen LogP contribution in [0.5, 0.6) is 0 Å². The van der Waals surface area contributed by atoms with Gasteiger partial charge < -0.3 is 16.0 Å². The van der Waals surface area contributed by atoms with Crippen LogP contribution in [0.4, 0.5) is 4.39 Å². The number of carbonyl (C=O) groups is 2. The number of primary amides is 1.